The van der Waals surface area contributed by atoms with Crippen LogP contribution in [0.5, 0.6) is 0 Å². The normalized spacial score (nSPS) is 12.4. The SMILES string of the molecule is CCc1nnc(C)cc1C(N)Cc1ccc(F)cc1C. The Labute approximate surface area is 119 Å². The summed E-state index contributed by atoms with van der Waals surface area (Å²) in [5.74, 6) is -0.213. The van der Waals surface area contributed by atoms with Crippen molar-refractivity contribution in [1.29, 1.82) is 0 Å². The van der Waals surface area contributed by atoms with Crippen LogP contribution in [0.15, 0.2) is 24.3 Å². The lowest BCUT2D eigenvalue weighted by Crippen LogP contribution is -2.17. The maximum atomic E-state index is 13.1. The number of aryl methyl sites for hydroxylation is 3. The Bertz CT molecular complexity index is 611. The van der Waals surface area contributed by atoms with E-state index in [0.29, 0.717) is 6.42 Å². The Kier molecular flexibility index (Phi) is 4.45. The zero-order chi connectivity index (χ0) is 14.7. The van der Waals surface area contributed by atoms with E-state index in [4.69, 9.17) is 5.73 Å². The molecule has 1 heterocycles. The van der Waals surface area contributed by atoms with E-state index >= 15 is 0 Å². The smallest absolute Gasteiger partial charge is 0.123 e. The second-order valence-electron chi connectivity index (χ2n) is 5.12. The van der Waals surface area contributed by atoms with Crippen molar-refractivity contribution in [1.82, 2.24) is 10.2 Å². The summed E-state index contributed by atoms with van der Waals surface area (Å²) in [5.41, 5.74) is 11.1. The molecule has 1 unspecified atom stereocenters. The third-order valence-electron chi connectivity index (χ3n) is 3.50. The van der Waals surface area contributed by atoms with Gasteiger partial charge in [-0.2, -0.15) is 10.2 Å². The number of benzene rings is 1. The van der Waals surface area contributed by atoms with E-state index < -0.39 is 0 Å². The van der Waals surface area contributed by atoms with Gasteiger partial charge in [-0.1, -0.05) is 13.0 Å². The molecule has 4 heteroatoms. The van der Waals surface area contributed by atoms with Gasteiger partial charge >= 0.3 is 0 Å². The minimum Gasteiger partial charge on any atom is -0.324 e. The molecule has 20 heavy (non-hydrogen) atoms. The Hall–Kier alpha value is -1.81. The van der Waals surface area contributed by atoms with Gasteiger partial charge < -0.3 is 5.73 Å². The number of nitrogens with two attached hydrogens (primary N) is 1. The molecule has 0 amide bonds. The Morgan fingerprint density at radius 1 is 1.20 bits per heavy atom. The predicted molar refractivity (Wildman–Crippen MR) is 77.9 cm³/mol. The topological polar surface area (TPSA) is 51.8 Å². The molecule has 0 saturated carbocycles. The molecular formula is C16H20FN3. The first kappa shape index (κ1) is 14.6. The molecule has 0 fully saturated rings. The van der Waals surface area contributed by atoms with E-state index in [9.17, 15) is 4.39 Å². The van der Waals surface area contributed by atoms with Crippen molar-refractivity contribution in [3.8, 4) is 0 Å². The highest BCUT2D eigenvalue weighted by molar-refractivity contribution is 5.31. The molecule has 0 radical (unpaired) electrons. The average molecular weight is 273 g/mol. The van der Waals surface area contributed by atoms with Gasteiger partial charge in [-0.25, -0.2) is 4.39 Å². The second-order valence-corrected chi connectivity index (χ2v) is 5.12. The molecule has 1 aromatic heterocycles. The number of rotatable bonds is 4. The summed E-state index contributed by atoms with van der Waals surface area (Å²) in [6.45, 7) is 5.85. The summed E-state index contributed by atoms with van der Waals surface area (Å²) < 4.78 is 13.1. The standard InChI is InChI=1S/C16H20FN3/c1-4-16-14(8-11(3)19-20-16)15(18)9-12-5-6-13(17)7-10(12)2/h5-8,15H,4,9,18H2,1-3H3. The van der Waals surface area contributed by atoms with E-state index in [1.54, 1.807) is 12.1 Å². The van der Waals surface area contributed by atoms with Crippen LogP contribution in [-0.4, -0.2) is 10.2 Å². The first-order valence-electron chi connectivity index (χ1n) is 6.85. The molecule has 3 nitrogen and oxygen atoms in total. The van der Waals surface area contributed by atoms with Gasteiger partial charge in [-0.05, 0) is 61.6 Å². The third kappa shape index (κ3) is 3.20. The molecule has 0 aliphatic rings. The Balaban J connectivity index is 2.27. The molecule has 0 aliphatic carbocycles. The molecule has 0 saturated heterocycles. The number of nitrogens with zero attached hydrogens (tertiary/aromatic N) is 2. The quantitative estimate of drug-likeness (QED) is 0.931. The lowest BCUT2D eigenvalue weighted by Gasteiger charge is -2.16. The molecular weight excluding hydrogens is 253 g/mol. The third-order valence-corrected chi connectivity index (χ3v) is 3.50. The predicted octanol–water partition coefficient (Wildman–Crippen LogP) is 3.04. The molecule has 106 valence electrons. The highest BCUT2D eigenvalue weighted by atomic mass is 19.1. The molecule has 0 aliphatic heterocycles. The molecule has 0 spiro atoms. The first-order valence-corrected chi connectivity index (χ1v) is 6.85. The number of halogens is 1. The van der Waals surface area contributed by atoms with Gasteiger partial charge in [0, 0.05) is 6.04 Å². The van der Waals surface area contributed by atoms with Crippen LogP contribution < -0.4 is 5.73 Å². The van der Waals surface area contributed by atoms with E-state index in [1.807, 2.05) is 26.8 Å². The Morgan fingerprint density at radius 3 is 2.60 bits per heavy atom. The van der Waals surface area contributed by atoms with Crippen LogP contribution in [0, 0.1) is 19.7 Å². The Morgan fingerprint density at radius 2 is 1.95 bits per heavy atom. The summed E-state index contributed by atoms with van der Waals surface area (Å²) in [7, 11) is 0. The molecule has 2 N–H and O–H groups in total. The highest BCUT2D eigenvalue weighted by Crippen LogP contribution is 2.21. The second kappa shape index (κ2) is 6.09. The molecule has 1 aromatic carbocycles. The maximum Gasteiger partial charge on any atom is 0.123 e. The fourth-order valence-corrected chi connectivity index (χ4v) is 2.37. The van der Waals surface area contributed by atoms with Crippen LogP contribution in [0.3, 0.4) is 0 Å². The van der Waals surface area contributed by atoms with Gasteiger partial charge in [0.15, 0.2) is 0 Å². The van der Waals surface area contributed by atoms with E-state index in [2.05, 4.69) is 10.2 Å². The molecule has 2 aromatic rings. The number of hydrogen-bond donors (Lipinski definition) is 1. The minimum absolute atomic E-state index is 0.150. The van der Waals surface area contributed by atoms with Crippen LogP contribution in [-0.2, 0) is 12.8 Å². The summed E-state index contributed by atoms with van der Waals surface area (Å²) in [5, 5.41) is 8.28. The van der Waals surface area contributed by atoms with Crippen molar-refractivity contribution in [2.24, 2.45) is 5.73 Å². The van der Waals surface area contributed by atoms with Crippen molar-refractivity contribution < 1.29 is 4.39 Å². The zero-order valence-corrected chi connectivity index (χ0v) is 12.2. The molecule has 2 rings (SSSR count). The number of hydrogen-bond acceptors (Lipinski definition) is 3. The number of aromatic nitrogens is 2. The van der Waals surface area contributed by atoms with Gasteiger partial charge in [-0.3, -0.25) is 0 Å². The monoisotopic (exact) mass is 273 g/mol. The van der Waals surface area contributed by atoms with Crippen molar-refractivity contribution in [3.05, 3.63) is 58.2 Å². The van der Waals surface area contributed by atoms with Crippen molar-refractivity contribution in [3.63, 3.8) is 0 Å². The van der Waals surface area contributed by atoms with Gasteiger partial charge in [-0.15, -0.1) is 0 Å². The average Bonchev–Trinajstić information content (AvgIpc) is 2.41. The fraction of sp³-hybridized carbons (Fsp3) is 0.375. The zero-order valence-electron chi connectivity index (χ0n) is 12.2. The van der Waals surface area contributed by atoms with Crippen molar-refractivity contribution >= 4 is 0 Å². The van der Waals surface area contributed by atoms with Crippen LogP contribution >= 0.6 is 0 Å². The lowest BCUT2D eigenvalue weighted by atomic mass is 9.95. The van der Waals surface area contributed by atoms with Crippen molar-refractivity contribution in [2.45, 2.75) is 39.7 Å². The van der Waals surface area contributed by atoms with E-state index in [1.165, 1.54) is 6.07 Å². The van der Waals surface area contributed by atoms with E-state index in [0.717, 1.165) is 34.5 Å². The van der Waals surface area contributed by atoms with Crippen molar-refractivity contribution in [2.75, 3.05) is 0 Å². The van der Waals surface area contributed by atoms with Gasteiger partial charge in [0.05, 0.1) is 11.4 Å². The minimum atomic E-state index is -0.213. The summed E-state index contributed by atoms with van der Waals surface area (Å²) in [4.78, 5) is 0. The largest absolute Gasteiger partial charge is 0.324 e. The summed E-state index contributed by atoms with van der Waals surface area (Å²) in [6, 6.07) is 6.67. The lowest BCUT2D eigenvalue weighted by molar-refractivity contribution is 0.623. The van der Waals surface area contributed by atoms with Gasteiger partial charge in [0.25, 0.3) is 0 Å². The van der Waals surface area contributed by atoms with E-state index in [-0.39, 0.29) is 11.9 Å². The highest BCUT2D eigenvalue weighted by Gasteiger charge is 2.14. The maximum absolute atomic E-state index is 13.1. The van der Waals surface area contributed by atoms with Crippen LogP contribution in [0.25, 0.3) is 0 Å². The van der Waals surface area contributed by atoms with Gasteiger partial charge in [0.1, 0.15) is 5.82 Å². The molecule has 1 atom stereocenters. The fourth-order valence-electron chi connectivity index (χ4n) is 2.37. The molecule has 0 bridgehead atoms. The van der Waals surface area contributed by atoms with Crippen LogP contribution in [0.1, 0.15) is 41.0 Å². The first-order chi connectivity index (χ1) is 9.51. The van der Waals surface area contributed by atoms with Crippen LogP contribution in [0.2, 0.25) is 0 Å². The van der Waals surface area contributed by atoms with Gasteiger partial charge in [0.2, 0.25) is 0 Å². The summed E-state index contributed by atoms with van der Waals surface area (Å²) >= 11 is 0. The van der Waals surface area contributed by atoms with Crippen LogP contribution in [0.4, 0.5) is 4.39 Å². The summed E-state index contributed by atoms with van der Waals surface area (Å²) in [6.07, 6.45) is 1.48.